The second kappa shape index (κ2) is 14.6. The van der Waals surface area contributed by atoms with Crippen LogP contribution in [0.1, 0.15) is 50.2 Å². The minimum Gasteiger partial charge on any atom is -0.467 e. The number of nitrogens with two attached hydrogens (primary N) is 1. The zero-order chi connectivity index (χ0) is 35.6. The second-order valence-electron chi connectivity index (χ2n) is 11.9. The van der Waals surface area contributed by atoms with Crippen molar-refractivity contribution in [2.45, 2.75) is 57.4 Å². The van der Waals surface area contributed by atoms with Crippen molar-refractivity contribution >= 4 is 49.1 Å². The third-order valence-corrected chi connectivity index (χ3v) is 9.87. The predicted octanol–water partition coefficient (Wildman–Crippen LogP) is 7.13. The molecule has 4 aromatic rings. The van der Waals surface area contributed by atoms with E-state index < -0.39 is 40.6 Å². The molecule has 7 rings (SSSR count). The number of hydrogen-bond acceptors (Lipinski definition) is 9. The first-order valence-electron chi connectivity index (χ1n) is 15.7. The van der Waals surface area contributed by atoms with E-state index in [0.29, 0.717) is 30.0 Å². The maximum absolute atomic E-state index is 15.8. The van der Waals surface area contributed by atoms with Crippen molar-refractivity contribution in [3.05, 3.63) is 41.0 Å². The Morgan fingerprint density at radius 1 is 1.16 bits per heavy atom. The number of carbonyl (C=O) groups is 1. The van der Waals surface area contributed by atoms with Gasteiger partial charge in [-0.25, -0.2) is 13.2 Å². The average Bonchev–Trinajstić information content (AvgIpc) is 3.86. The largest absolute Gasteiger partial charge is 0.467 e. The molecule has 2 atom stereocenters. The van der Waals surface area contributed by atoms with Crippen LogP contribution in [0.5, 0.6) is 6.01 Å². The summed E-state index contributed by atoms with van der Waals surface area (Å²) in [6, 6.07) is 4.70. The highest BCUT2D eigenvalue weighted by molar-refractivity contribution is 7.23. The predicted molar refractivity (Wildman–Crippen MR) is 176 cm³/mol. The molecule has 3 saturated heterocycles. The summed E-state index contributed by atoms with van der Waals surface area (Å²) in [7, 11) is 2.62. The summed E-state index contributed by atoms with van der Waals surface area (Å²) in [6.07, 6.45) is 0.205. The standard InChI is InChI=1S/C20H12F5N5OS.C7H12FN.C6H11NO/c1-28-18-8-5-10(20(23,24)25)13(14(22)15(8)29-19(30-18)31-2)7-3-4-11(21)16-12(7)9(6-26)17(27)32-16;8-6-4-7-2-1-3-9(7)5-6;1-6(8)7-4-2-3-5-7/h3-5H,27H2,1-2H3,(H,28,29,30);6-7H,1-5H2;2-5H2,1H3. The molecule has 2 aromatic carbocycles. The van der Waals surface area contributed by atoms with Gasteiger partial charge in [-0.1, -0.05) is 6.07 Å². The molecule has 3 aliphatic rings. The van der Waals surface area contributed by atoms with Gasteiger partial charge < -0.3 is 20.7 Å². The number of nitrogen functional groups attached to an aromatic ring is 1. The molecule has 0 bridgehead atoms. The number of nitrogens with one attached hydrogen (secondary N) is 1. The van der Waals surface area contributed by atoms with Crippen LogP contribution in [-0.4, -0.2) is 78.2 Å². The number of hydrogen-bond donors (Lipinski definition) is 2. The number of rotatable bonds is 3. The zero-order valence-electron chi connectivity index (χ0n) is 27.1. The van der Waals surface area contributed by atoms with Crippen molar-refractivity contribution in [3.63, 3.8) is 0 Å². The molecule has 0 spiro atoms. The monoisotopic (exact) mass is 707 g/mol. The van der Waals surface area contributed by atoms with Crippen molar-refractivity contribution in [1.82, 2.24) is 19.8 Å². The number of nitrogens with zero attached hydrogens (tertiary/aromatic N) is 5. The van der Waals surface area contributed by atoms with Crippen molar-refractivity contribution in [2.75, 3.05) is 51.4 Å². The summed E-state index contributed by atoms with van der Waals surface area (Å²) in [5, 5.41) is 11.5. The van der Waals surface area contributed by atoms with Crippen LogP contribution >= 0.6 is 11.3 Å². The van der Waals surface area contributed by atoms with Gasteiger partial charge in [0.2, 0.25) is 5.91 Å². The maximum Gasteiger partial charge on any atom is 0.417 e. The van der Waals surface area contributed by atoms with Crippen LogP contribution in [0.2, 0.25) is 0 Å². The first-order chi connectivity index (χ1) is 23.3. The molecule has 0 aliphatic carbocycles. The minimum absolute atomic E-state index is 0.0791. The molecule has 3 aliphatic heterocycles. The molecule has 0 saturated carbocycles. The lowest BCUT2D eigenvalue weighted by Crippen LogP contribution is -2.24. The lowest BCUT2D eigenvalue weighted by atomic mass is 9.92. The summed E-state index contributed by atoms with van der Waals surface area (Å²) in [6.45, 7) is 5.45. The van der Waals surface area contributed by atoms with Crippen molar-refractivity contribution in [3.8, 4) is 23.2 Å². The highest BCUT2D eigenvalue weighted by Gasteiger charge is 2.38. The van der Waals surface area contributed by atoms with Crippen LogP contribution in [0.15, 0.2) is 18.2 Å². The number of aromatic nitrogens is 2. The van der Waals surface area contributed by atoms with E-state index in [1.165, 1.54) is 39.8 Å². The number of thiophene rings is 1. The average molecular weight is 708 g/mol. The van der Waals surface area contributed by atoms with Crippen molar-refractivity contribution in [2.24, 2.45) is 0 Å². The van der Waals surface area contributed by atoms with Crippen LogP contribution in [0.4, 0.5) is 37.2 Å². The number of methoxy groups -OCH3 is 1. The van der Waals surface area contributed by atoms with Crippen molar-refractivity contribution in [1.29, 1.82) is 5.26 Å². The Balaban J connectivity index is 0.000000221. The van der Waals surface area contributed by atoms with Gasteiger partial charge in [-0.3, -0.25) is 9.69 Å². The van der Waals surface area contributed by atoms with E-state index in [4.69, 9.17) is 10.5 Å². The van der Waals surface area contributed by atoms with Crippen LogP contribution in [0.25, 0.3) is 32.1 Å². The molecule has 3 fully saturated rings. The van der Waals surface area contributed by atoms with Gasteiger partial charge >= 0.3 is 12.2 Å². The number of likely N-dealkylation sites (tertiary alicyclic amines) is 1. The van der Waals surface area contributed by atoms with Gasteiger partial charge in [0.25, 0.3) is 0 Å². The topological polar surface area (TPSA) is 120 Å². The van der Waals surface area contributed by atoms with Crippen molar-refractivity contribution < 1.29 is 35.9 Å². The summed E-state index contributed by atoms with van der Waals surface area (Å²) >= 11 is 0.695. The molecular weight excluding hydrogens is 672 g/mol. The smallest absolute Gasteiger partial charge is 0.417 e. The lowest BCUT2D eigenvalue weighted by Gasteiger charge is -2.18. The number of benzene rings is 2. The Bertz CT molecular complexity index is 1890. The third-order valence-electron chi connectivity index (χ3n) is 8.85. The number of nitriles is 1. The minimum atomic E-state index is -5.00. The van der Waals surface area contributed by atoms with E-state index in [2.05, 4.69) is 20.2 Å². The molecule has 16 heteroatoms. The normalized spacial score (nSPS) is 18.8. The first kappa shape index (κ1) is 35.9. The Morgan fingerprint density at radius 2 is 1.88 bits per heavy atom. The van der Waals surface area contributed by atoms with E-state index >= 15 is 4.39 Å². The Kier molecular flexibility index (Phi) is 10.7. The van der Waals surface area contributed by atoms with E-state index in [1.54, 1.807) is 13.0 Å². The molecule has 2 unspecified atom stereocenters. The fourth-order valence-electron chi connectivity index (χ4n) is 6.54. The van der Waals surface area contributed by atoms with E-state index in [0.717, 1.165) is 38.2 Å². The van der Waals surface area contributed by atoms with Gasteiger partial charge in [0.15, 0.2) is 5.82 Å². The number of ether oxygens (including phenoxy) is 1. The zero-order valence-corrected chi connectivity index (χ0v) is 27.9. The second-order valence-corrected chi connectivity index (χ2v) is 13.0. The number of amides is 1. The first-order valence-corrected chi connectivity index (χ1v) is 16.5. The van der Waals surface area contributed by atoms with E-state index in [9.17, 15) is 32.0 Å². The van der Waals surface area contributed by atoms with Crippen LogP contribution in [0.3, 0.4) is 0 Å². The number of alkyl halides is 4. The van der Waals surface area contributed by atoms with E-state index in [1.807, 2.05) is 4.90 Å². The van der Waals surface area contributed by atoms with E-state index in [-0.39, 0.29) is 49.3 Å². The number of carbonyl (C=O) groups excluding carboxylic acids is 1. The number of anilines is 2. The lowest BCUT2D eigenvalue weighted by molar-refractivity contribution is -0.137. The Morgan fingerprint density at radius 3 is 2.45 bits per heavy atom. The molecule has 0 radical (unpaired) electrons. The number of halogens is 6. The van der Waals surface area contributed by atoms with Gasteiger partial charge in [-0.2, -0.15) is 28.4 Å². The molecular formula is C33H35F6N7O2S. The van der Waals surface area contributed by atoms with Crippen LogP contribution in [0, 0.1) is 23.0 Å². The molecule has 49 heavy (non-hydrogen) atoms. The summed E-state index contributed by atoms with van der Waals surface area (Å²) in [5.74, 6) is -1.97. The quantitative estimate of drug-likeness (QED) is 0.216. The fraction of sp³-hybridized carbons (Fsp3) is 0.455. The third kappa shape index (κ3) is 7.32. The summed E-state index contributed by atoms with van der Waals surface area (Å²) in [4.78, 5) is 22.5. The van der Waals surface area contributed by atoms with Gasteiger partial charge in [0.05, 0.1) is 22.9 Å². The number of fused-ring (bicyclic) bond motifs is 3. The maximum atomic E-state index is 15.8. The summed E-state index contributed by atoms with van der Waals surface area (Å²) < 4.78 is 89.8. The van der Waals surface area contributed by atoms with Gasteiger partial charge in [0, 0.05) is 56.0 Å². The molecule has 2 aromatic heterocycles. The van der Waals surface area contributed by atoms with Crippen LogP contribution in [-0.2, 0) is 11.0 Å². The van der Waals surface area contributed by atoms with Gasteiger partial charge in [-0.05, 0) is 56.3 Å². The highest BCUT2D eigenvalue weighted by atomic mass is 32.1. The summed E-state index contributed by atoms with van der Waals surface area (Å²) in [5.41, 5.74) is 2.55. The Labute approximate surface area is 282 Å². The Hall–Kier alpha value is -4.36. The van der Waals surface area contributed by atoms with Gasteiger partial charge in [-0.15, -0.1) is 11.3 Å². The fourth-order valence-corrected chi connectivity index (χ4v) is 7.49. The molecule has 3 N–H and O–H groups in total. The SMILES string of the molecule is CC(=O)N1CCCC1.CNc1nc(OC)nc2c(F)c(-c3ccc(F)c4sc(N)c(C#N)c34)c(C(F)(F)F)cc12.FC1CC2CCCN2C1. The van der Waals surface area contributed by atoms with Gasteiger partial charge in [0.1, 0.15) is 34.4 Å². The molecule has 262 valence electrons. The molecule has 5 heterocycles. The highest BCUT2D eigenvalue weighted by Crippen LogP contribution is 2.47. The van der Waals surface area contributed by atoms with Crippen LogP contribution < -0.4 is 15.8 Å². The molecule has 1 amide bonds. The molecule has 9 nitrogen and oxygen atoms in total.